The summed E-state index contributed by atoms with van der Waals surface area (Å²) in [5.74, 6) is -0.816. The number of nitro groups is 1. The Morgan fingerprint density at radius 3 is 2.03 bits per heavy atom. The fourth-order valence-electron chi connectivity index (χ4n) is 11.7. The number of benzene rings is 3. The van der Waals surface area contributed by atoms with E-state index >= 15 is 0 Å². The molecule has 21 heteroatoms. The maximum absolute atomic E-state index is 13.7. The smallest absolute Gasteiger partial charge is 0.344 e. The lowest BCUT2D eigenvalue weighted by Gasteiger charge is -2.41. The minimum atomic E-state index is -0.990. The summed E-state index contributed by atoms with van der Waals surface area (Å²) in [6.45, 7) is 11.8. The summed E-state index contributed by atoms with van der Waals surface area (Å²) in [4.78, 5) is 103. The maximum Gasteiger partial charge on any atom is 0.344 e. The molecule has 0 saturated carbocycles. The van der Waals surface area contributed by atoms with Crippen molar-refractivity contribution in [3.8, 4) is 5.75 Å². The molecule has 20 nitrogen and oxygen atoms in total. The number of ether oxygens (including phenoxy) is 1. The summed E-state index contributed by atoms with van der Waals surface area (Å²) in [6, 6.07) is 19.5. The predicted octanol–water partition coefficient (Wildman–Crippen LogP) is 4.64. The van der Waals surface area contributed by atoms with Crippen molar-refractivity contribution in [2.75, 3.05) is 103 Å². The molecule has 6 amide bonds. The van der Waals surface area contributed by atoms with Gasteiger partial charge in [0.1, 0.15) is 11.8 Å². The quantitative estimate of drug-likeness (QED) is 0.103. The molecule has 6 aliphatic heterocycles. The van der Waals surface area contributed by atoms with Crippen LogP contribution in [-0.4, -0.2) is 179 Å². The first-order chi connectivity index (χ1) is 35.8. The summed E-state index contributed by atoms with van der Waals surface area (Å²) in [5.41, 5.74) is 2.67. The zero-order chi connectivity index (χ0) is 51.6. The van der Waals surface area contributed by atoms with E-state index in [0.717, 1.165) is 99.8 Å². The van der Waals surface area contributed by atoms with Crippen LogP contribution in [0.2, 0.25) is 5.02 Å². The van der Waals surface area contributed by atoms with Crippen LogP contribution in [0.15, 0.2) is 71.3 Å². The molecule has 74 heavy (non-hydrogen) atoms. The zero-order valence-corrected chi connectivity index (χ0v) is 42.3. The van der Waals surface area contributed by atoms with Gasteiger partial charge in [0.15, 0.2) is 6.61 Å². The zero-order valence-electron chi connectivity index (χ0n) is 41.5. The van der Waals surface area contributed by atoms with Gasteiger partial charge in [-0.3, -0.25) is 58.9 Å². The van der Waals surface area contributed by atoms with Crippen LogP contribution in [0.1, 0.15) is 92.7 Å². The fourth-order valence-corrected chi connectivity index (χ4v) is 11.8. The van der Waals surface area contributed by atoms with Crippen LogP contribution in [0.3, 0.4) is 0 Å². The van der Waals surface area contributed by atoms with E-state index in [2.05, 4.69) is 30.1 Å². The van der Waals surface area contributed by atoms with Gasteiger partial charge in [-0.1, -0.05) is 47.1 Å². The molecule has 1 N–H and O–H groups in total. The molecular formula is C53H61ClN10O10. The second-order valence-corrected chi connectivity index (χ2v) is 20.8. The van der Waals surface area contributed by atoms with Gasteiger partial charge in [0.05, 0.1) is 27.8 Å². The van der Waals surface area contributed by atoms with Gasteiger partial charge in [0.2, 0.25) is 23.3 Å². The Morgan fingerprint density at radius 1 is 0.770 bits per heavy atom. The normalized spacial score (nSPS) is 21.2. The number of hydrogen-bond donors (Lipinski definition) is 1. The SMILES string of the molecule is Cc1onc(C(=O)N2CCN(C(c3ccc(Cl)cc3)c3ccc(OCC(=O)N4CCC(CN5CCC(CN6CCN(c7cccc8c7C(=O)N(C7CCC(=O)NC7=O)C8=O)CC6)CC5)CC4)cc3)CC2)c1[N+](=O)[O-]. The molecular weight excluding hydrogens is 972 g/mol. The Balaban J connectivity index is 0.641. The molecule has 6 aliphatic rings. The van der Waals surface area contributed by atoms with E-state index in [0.29, 0.717) is 73.0 Å². The first kappa shape index (κ1) is 50.8. The molecule has 7 heterocycles. The van der Waals surface area contributed by atoms with Crippen molar-refractivity contribution in [1.82, 2.24) is 39.9 Å². The van der Waals surface area contributed by atoms with E-state index in [9.17, 15) is 38.9 Å². The molecule has 5 saturated heterocycles. The number of nitrogens with zero attached hydrogens (tertiary/aromatic N) is 9. The van der Waals surface area contributed by atoms with Crippen LogP contribution in [0.25, 0.3) is 0 Å². The van der Waals surface area contributed by atoms with Crippen molar-refractivity contribution in [3.05, 3.63) is 116 Å². The lowest BCUT2D eigenvalue weighted by Crippen LogP contribution is -2.54. The number of piperidine rings is 3. The number of nitrogens with one attached hydrogen (secondary N) is 1. The summed E-state index contributed by atoms with van der Waals surface area (Å²) in [7, 11) is 0. The van der Waals surface area contributed by atoms with Gasteiger partial charge in [0, 0.05) is 96.9 Å². The largest absolute Gasteiger partial charge is 0.484 e. The van der Waals surface area contributed by atoms with Gasteiger partial charge in [-0.15, -0.1) is 0 Å². The number of halogens is 1. The van der Waals surface area contributed by atoms with Crippen LogP contribution < -0.4 is 15.0 Å². The van der Waals surface area contributed by atoms with Crippen LogP contribution in [0.4, 0.5) is 11.4 Å². The highest BCUT2D eigenvalue weighted by atomic mass is 35.5. The Kier molecular flexibility index (Phi) is 15.1. The van der Waals surface area contributed by atoms with Crippen molar-refractivity contribution in [3.63, 3.8) is 0 Å². The number of imide groups is 2. The minimum absolute atomic E-state index is 0.0127. The average molecular weight is 1030 g/mol. The summed E-state index contributed by atoms with van der Waals surface area (Å²) >= 11 is 6.27. The highest BCUT2D eigenvalue weighted by Crippen LogP contribution is 2.36. The number of fused-ring (bicyclic) bond motifs is 1. The molecule has 0 spiro atoms. The second-order valence-electron chi connectivity index (χ2n) is 20.3. The van der Waals surface area contributed by atoms with Crippen LogP contribution in [-0.2, 0) is 14.4 Å². The van der Waals surface area contributed by atoms with Crippen molar-refractivity contribution < 1.29 is 43.0 Å². The third-order valence-corrected chi connectivity index (χ3v) is 16.0. The number of anilines is 1. The highest BCUT2D eigenvalue weighted by molar-refractivity contribution is 6.30. The molecule has 0 aliphatic carbocycles. The third kappa shape index (κ3) is 10.8. The molecule has 4 aromatic rings. The second kappa shape index (κ2) is 22.0. The Bertz CT molecular complexity index is 2780. The number of likely N-dealkylation sites (tertiary alicyclic amines) is 2. The summed E-state index contributed by atoms with van der Waals surface area (Å²) in [6.07, 6.45) is 4.40. The first-order valence-corrected chi connectivity index (χ1v) is 26.1. The Labute approximate surface area is 433 Å². The monoisotopic (exact) mass is 1030 g/mol. The average Bonchev–Trinajstić information content (AvgIpc) is 3.93. The van der Waals surface area contributed by atoms with Crippen LogP contribution in [0.5, 0.6) is 5.75 Å². The number of amides is 6. The molecule has 5 fully saturated rings. The Morgan fingerprint density at radius 2 is 1.39 bits per heavy atom. The molecule has 390 valence electrons. The molecule has 0 bridgehead atoms. The van der Waals surface area contributed by atoms with Gasteiger partial charge < -0.3 is 28.9 Å². The molecule has 10 rings (SSSR count). The number of aryl methyl sites for hydroxylation is 1. The van der Waals surface area contributed by atoms with E-state index in [1.807, 2.05) is 59.5 Å². The van der Waals surface area contributed by atoms with Gasteiger partial charge in [-0.2, -0.15) is 0 Å². The van der Waals surface area contributed by atoms with E-state index < -0.39 is 46.2 Å². The van der Waals surface area contributed by atoms with Crippen LogP contribution >= 0.6 is 11.6 Å². The van der Waals surface area contributed by atoms with Gasteiger partial charge >= 0.3 is 5.69 Å². The van der Waals surface area contributed by atoms with E-state index in [1.165, 1.54) is 6.92 Å². The van der Waals surface area contributed by atoms with Crippen molar-refractivity contribution in [2.45, 2.75) is 57.5 Å². The van der Waals surface area contributed by atoms with E-state index in [1.54, 1.807) is 17.0 Å². The van der Waals surface area contributed by atoms with Crippen molar-refractivity contribution >= 4 is 58.4 Å². The maximum atomic E-state index is 13.7. The van der Waals surface area contributed by atoms with Crippen molar-refractivity contribution in [1.29, 1.82) is 0 Å². The number of hydrogen-bond acceptors (Lipinski definition) is 15. The van der Waals surface area contributed by atoms with Gasteiger partial charge in [0.25, 0.3) is 23.6 Å². The predicted molar refractivity (Wildman–Crippen MR) is 271 cm³/mol. The van der Waals surface area contributed by atoms with E-state index in [4.69, 9.17) is 20.9 Å². The van der Waals surface area contributed by atoms with Gasteiger partial charge in [-0.05, 0) is 105 Å². The number of piperazine rings is 2. The topological polar surface area (TPSA) is 216 Å². The third-order valence-electron chi connectivity index (χ3n) is 15.8. The lowest BCUT2D eigenvalue weighted by atomic mass is 9.92. The van der Waals surface area contributed by atoms with Crippen molar-refractivity contribution in [2.24, 2.45) is 11.8 Å². The lowest BCUT2D eigenvalue weighted by molar-refractivity contribution is -0.386. The first-order valence-electron chi connectivity index (χ1n) is 25.7. The standard InChI is InChI=1S/C53H61ClN10O10/c1-34-48(64(71)72)47(56-74-34)53(70)62-29-27-61(28-30-62)49(37-5-9-39(54)10-6-37)38-7-11-40(12-8-38)73-33-45(66)60-21-17-36(18-22-60)31-57-19-15-35(16-20-57)32-58-23-25-59(26-24-58)42-4-2-3-41-46(42)52(69)63(51(41)68)43-13-14-44(65)55-50(43)67/h2-12,35-36,43,49H,13-33H2,1H3,(H,55,65,67). The molecule has 2 unspecified atom stereocenters. The Hall–Kier alpha value is -6.74. The van der Waals surface area contributed by atoms with Crippen LogP contribution in [0, 0.1) is 28.9 Å². The molecule has 2 atom stereocenters. The number of carbonyl (C=O) groups is 6. The highest BCUT2D eigenvalue weighted by Gasteiger charge is 2.46. The molecule has 3 aromatic carbocycles. The number of carbonyl (C=O) groups excluding carboxylic acids is 6. The number of rotatable bonds is 14. The summed E-state index contributed by atoms with van der Waals surface area (Å²) in [5, 5.41) is 18.2. The van der Waals surface area contributed by atoms with Gasteiger partial charge in [-0.25, -0.2) is 0 Å². The minimum Gasteiger partial charge on any atom is -0.484 e. The molecule has 0 radical (unpaired) electrons. The molecule has 1 aromatic heterocycles. The number of aromatic nitrogens is 1. The fraction of sp³-hybridized carbons (Fsp3) is 0.491. The summed E-state index contributed by atoms with van der Waals surface area (Å²) < 4.78 is 11.0. The van der Waals surface area contributed by atoms with E-state index in [-0.39, 0.29) is 42.9 Å².